The Kier molecular flexibility index (Phi) is 3.92. The van der Waals surface area contributed by atoms with Crippen LogP contribution in [0.15, 0.2) is 18.3 Å². The normalized spacial score (nSPS) is 19.4. The minimum atomic E-state index is -0.0229. The summed E-state index contributed by atoms with van der Waals surface area (Å²) in [5, 5.41) is 2.68. The summed E-state index contributed by atoms with van der Waals surface area (Å²) < 4.78 is 0. The lowest BCUT2D eigenvalue weighted by Gasteiger charge is -2.33. The third-order valence-electron chi connectivity index (χ3n) is 3.28. The molecule has 1 N–H and O–H groups in total. The Morgan fingerprint density at radius 1 is 1.61 bits per heavy atom. The number of carbonyl (C=O) groups excluding carboxylic acids is 2. The van der Waals surface area contributed by atoms with Crippen LogP contribution in [-0.2, 0) is 4.79 Å². The summed E-state index contributed by atoms with van der Waals surface area (Å²) in [4.78, 5) is 28.9. The van der Waals surface area contributed by atoms with Crippen molar-refractivity contribution < 1.29 is 9.59 Å². The maximum atomic E-state index is 11.7. The van der Waals surface area contributed by atoms with Gasteiger partial charge in [0.2, 0.25) is 5.91 Å². The lowest BCUT2D eigenvalue weighted by atomic mass is 9.97. The number of rotatable bonds is 3. The van der Waals surface area contributed by atoms with Gasteiger partial charge in [0, 0.05) is 26.3 Å². The molecule has 0 aromatic carbocycles. The van der Waals surface area contributed by atoms with E-state index < -0.39 is 0 Å². The molecule has 1 fully saturated rings. The van der Waals surface area contributed by atoms with Gasteiger partial charge in [0.15, 0.2) is 6.29 Å². The van der Waals surface area contributed by atoms with E-state index in [0.717, 1.165) is 25.7 Å². The SMILES string of the molecule is CNC(=O)C1CCCN(c2ncccc2C=O)C1. The summed E-state index contributed by atoms with van der Waals surface area (Å²) in [6, 6.07) is 3.49. The van der Waals surface area contributed by atoms with Gasteiger partial charge in [-0.3, -0.25) is 9.59 Å². The molecule has 0 saturated carbocycles. The number of nitrogens with zero attached hydrogens (tertiary/aromatic N) is 2. The van der Waals surface area contributed by atoms with E-state index in [2.05, 4.69) is 10.3 Å². The summed E-state index contributed by atoms with van der Waals surface area (Å²) in [5.41, 5.74) is 0.579. The van der Waals surface area contributed by atoms with E-state index in [4.69, 9.17) is 0 Å². The quantitative estimate of drug-likeness (QED) is 0.805. The highest BCUT2D eigenvalue weighted by molar-refractivity contribution is 5.83. The zero-order valence-corrected chi connectivity index (χ0v) is 10.4. The minimum absolute atomic E-state index is 0.0229. The molecule has 1 unspecified atom stereocenters. The van der Waals surface area contributed by atoms with Gasteiger partial charge in [0.25, 0.3) is 0 Å². The molecular formula is C13H17N3O2. The Bertz CT molecular complexity index is 448. The van der Waals surface area contributed by atoms with Gasteiger partial charge in [-0.05, 0) is 25.0 Å². The first-order valence-corrected chi connectivity index (χ1v) is 6.13. The van der Waals surface area contributed by atoms with Gasteiger partial charge >= 0.3 is 0 Å². The van der Waals surface area contributed by atoms with Crippen molar-refractivity contribution in [3.05, 3.63) is 23.9 Å². The van der Waals surface area contributed by atoms with Crippen LogP contribution in [0.3, 0.4) is 0 Å². The first kappa shape index (κ1) is 12.5. The van der Waals surface area contributed by atoms with E-state index >= 15 is 0 Å². The molecule has 1 saturated heterocycles. The third kappa shape index (κ3) is 2.50. The van der Waals surface area contributed by atoms with Gasteiger partial charge < -0.3 is 10.2 Å². The number of pyridine rings is 1. The van der Waals surface area contributed by atoms with Crippen LogP contribution >= 0.6 is 0 Å². The molecule has 1 aromatic rings. The standard InChI is InChI=1S/C13H17N3O2/c1-14-13(18)10-5-3-7-16(8-10)12-11(9-17)4-2-6-15-12/h2,4,6,9-10H,3,5,7-8H2,1H3,(H,14,18). The number of anilines is 1. The second kappa shape index (κ2) is 5.62. The highest BCUT2D eigenvalue weighted by Crippen LogP contribution is 2.23. The van der Waals surface area contributed by atoms with Gasteiger partial charge in [-0.15, -0.1) is 0 Å². The van der Waals surface area contributed by atoms with Crippen molar-refractivity contribution in [3.8, 4) is 0 Å². The van der Waals surface area contributed by atoms with E-state index in [1.165, 1.54) is 0 Å². The molecule has 0 aliphatic carbocycles. The Labute approximate surface area is 106 Å². The first-order valence-electron chi connectivity index (χ1n) is 6.13. The molecule has 0 bridgehead atoms. The molecule has 18 heavy (non-hydrogen) atoms. The lowest BCUT2D eigenvalue weighted by Crippen LogP contribution is -2.42. The maximum absolute atomic E-state index is 11.7. The van der Waals surface area contributed by atoms with Crippen LogP contribution in [0.4, 0.5) is 5.82 Å². The topological polar surface area (TPSA) is 62.3 Å². The van der Waals surface area contributed by atoms with E-state index in [0.29, 0.717) is 17.9 Å². The van der Waals surface area contributed by atoms with E-state index in [9.17, 15) is 9.59 Å². The molecule has 0 spiro atoms. The molecule has 1 aliphatic heterocycles. The Hall–Kier alpha value is -1.91. The Morgan fingerprint density at radius 2 is 2.44 bits per heavy atom. The number of aromatic nitrogens is 1. The zero-order valence-electron chi connectivity index (χ0n) is 10.4. The number of hydrogen-bond acceptors (Lipinski definition) is 4. The van der Waals surface area contributed by atoms with Crippen molar-refractivity contribution in [2.75, 3.05) is 25.0 Å². The summed E-state index contributed by atoms with van der Waals surface area (Å²) in [6.45, 7) is 1.46. The zero-order chi connectivity index (χ0) is 13.0. The van der Waals surface area contributed by atoms with Gasteiger partial charge in [-0.1, -0.05) is 0 Å². The molecular weight excluding hydrogens is 230 g/mol. The fourth-order valence-corrected chi connectivity index (χ4v) is 2.35. The smallest absolute Gasteiger partial charge is 0.224 e. The number of amides is 1. The van der Waals surface area contributed by atoms with E-state index in [1.54, 1.807) is 25.4 Å². The van der Waals surface area contributed by atoms with Crippen LogP contribution in [0.2, 0.25) is 0 Å². The average molecular weight is 247 g/mol. The van der Waals surface area contributed by atoms with Crippen LogP contribution in [0.1, 0.15) is 23.2 Å². The van der Waals surface area contributed by atoms with Crippen molar-refractivity contribution in [2.24, 2.45) is 5.92 Å². The largest absolute Gasteiger partial charge is 0.359 e. The molecule has 5 nitrogen and oxygen atoms in total. The molecule has 2 rings (SSSR count). The van der Waals surface area contributed by atoms with Gasteiger partial charge in [-0.2, -0.15) is 0 Å². The van der Waals surface area contributed by atoms with Crippen LogP contribution in [0, 0.1) is 5.92 Å². The number of aldehydes is 1. The summed E-state index contributed by atoms with van der Waals surface area (Å²) in [6.07, 6.45) is 4.31. The number of carbonyl (C=O) groups is 2. The maximum Gasteiger partial charge on any atom is 0.224 e. The lowest BCUT2D eigenvalue weighted by molar-refractivity contribution is -0.124. The third-order valence-corrected chi connectivity index (χ3v) is 3.28. The number of hydrogen-bond donors (Lipinski definition) is 1. The fraction of sp³-hybridized carbons (Fsp3) is 0.462. The molecule has 0 radical (unpaired) electrons. The van der Waals surface area contributed by atoms with Crippen molar-refractivity contribution >= 4 is 18.0 Å². The van der Waals surface area contributed by atoms with E-state index in [-0.39, 0.29) is 11.8 Å². The molecule has 1 aromatic heterocycles. The van der Waals surface area contributed by atoms with E-state index in [1.807, 2.05) is 4.90 Å². The Morgan fingerprint density at radius 3 is 3.17 bits per heavy atom. The minimum Gasteiger partial charge on any atom is -0.359 e. The highest BCUT2D eigenvalue weighted by Gasteiger charge is 2.26. The molecule has 1 atom stereocenters. The van der Waals surface area contributed by atoms with Crippen LogP contribution < -0.4 is 10.2 Å². The van der Waals surface area contributed by atoms with Gasteiger partial charge in [0.05, 0.1) is 11.5 Å². The van der Waals surface area contributed by atoms with Crippen molar-refractivity contribution in [1.82, 2.24) is 10.3 Å². The van der Waals surface area contributed by atoms with Crippen LogP contribution in [-0.4, -0.2) is 37.3 Å². The van der Waals surface area contributed by atoms with Gasteiger partial charge in [-0.25, -0.2) is 4.98 Å². The molecule has 5 heteroatoms. The van der Waals surface area contributed by atoms with Crippen molar-refractivity contribution in [1.29, 1.82) is 0 Å². The molecule has 1 amide bonds. The van der Waals surface area contributed by atoms with Crippen LogP contribution in [0.25, 0.3) is 0 Å². The molecule has 2 heterocycles. The second-order valence-corrected chi connectivity index (χ2v) is 4.43. The first-order chi connectivity index (χ1) is 8.76. The van der Waals surface area contributed by atoms with Crippen molar-refractivity contribution in [2.45, 2.75) is 12.8 Å². The average Bonchev–Trinajstić information content (AvgIpc) is 2.46. The predicted molar refractivity (Wildman–Crippen MR) is 68.6 cm³/mol. The summed E-state index contributed by atoms with van der Waals surface area (Å²) >= 11 is 0. The number of piperidine rings is 1. The van der Waals surface area contributed by atoms with Gasteiger partial charge in [0.1, 0.15) is 5.82 Å². The monoisotopic (exact) mass is 247 g/mol. The van der Waals surface area contributed by atoms with Crippen molar-refractivity contribution in [3.63, 3.8) is 0 Å². The molecule has 1 aliphatic rings. The Balaban J connectivity index is 2.18. The molecule has 96 valence electrons. The predicted octanol–water partition coefficient (Wildman–Crippen LogP) is 0.856. The fourth-order valence-electron chi connectivity index (χ4n) is 2.35. The summed E-state index contributed by atoms with van der Waals surface area (Å²) in [7, 11) is 1.65. The van der Waals surface area contributed by atoms with Crippen LogP contribution in [0.5, 0.6) is 0 Å². The number of nitrogens with one attached hydrogen (secondary N) is 1. The highest BCUT2D eigenvalue weighted by atomic mass is 16.1. The summed E-state index contributed by atoms with van der Waals surface area (Å²) in [5.74, 6) is 0.717. The second-order valence-electron chi connectivity index (χ2n) is 4.43.